The molecule has 0 radical (unpaired) electrons. The minimum atomic E-state index is -0.320. The van der Waals surface area contributed by atoms with Gasteiger partial charge >= 0.3 is 0 Å². The number of rotatable bonds is 2. The average Bonchev–Trinajstić information content (AvgIpc) is 3.32. The lowest BCUT2D eigenvalue weighted by molar-refractivity contribution is 0.0943. The van der Waals surface area contributed by atoms with Crippen LogP contribution in [0.15, 0.2) is 83.5 Å². The lowest BCUT2D eigenvalue weighted by Crippen LogP contribution is -2.10. The molecule has 0 saturated heterocycles. The summed E-state index contributed by atoms with van der Waals surface area (Å²) in [6.07, 6.45) is 3.39. The largest absolute Gasteiger partial charge is 0.451 e. The van der Waals surface area contributed by atoms with E-state index in [4.69, 9.17) is 4.42 Å². The van der Waals surface area contributed by atoms with Gasteiger partial charge in [0, 0.05) is 22.5 Å². The van der Waals surface area contributed by atoms with Crippen molar-refractivity contribution < 1.29 is 13.6 Å². The van der Waals surface area contributed by atoms with E-state index in [-0.39, 0.29) is 17.5 Å². The van der Waals surface area contributed by atoms with Crippen LogP contribution in [-0.2, 0) is 0 Å². The number of nitrogens with zero attached hydrogens (tertiary/aromatic N) is 2. The van der Waals surface area contributed by atoms with Crippen LogP contribution in [0.3, 0.4) is 0 Å². The van der Waals surface area contributed by atoms with Gasteiger partial charge in [-0.2, -0.15) is 0 Å². The van der Waals surface area contributed by atoms with Crippen LogP contribution < -0.4 is 0 Å². The van der Waals surface area contributed by atoms with Gasteiger partial charge in [-0.1, -0.05) is 18.2 Å². The van der Waals surface area contributed by atoms with Crippen LogP contribution in [-0.4, -0.2) is 15.5 Å². The zero-order valence-corrected chi connectivity index (χ0v) is 14.1. The molecule has 0 aliphatic heterocycles. The van der Waals surface area contributed by atoms with E-state index in [9.17, 15) is 9.18 Å². The van der Waals surface area contributed by atoms with Crippen LogP contribution >= 0.6 is 0 Å². The Morgan fingerprint density at radius 1 is 0.889 bits per heavy atom. The van der Waals surface area contributed by atoms with E-state index in [1.54, 1.807) is 41.2 Å². The molecular formula is C22H13FN2O2. The molecule has 5 rings (SSSR count). The molecule has 0 amide bonds. The van der Waals surface area contributed by atoms with Crippen molar-refractivity contribution in [1.82, 2.24) is 9.55 Å². The van der Waals surface area contributed by atoms with E-state index in [1.165, 1.54) is 12.1 Å². The molecule has 2 aromatic carbocycles. The van der Waals surface area contributed by atoms with E-state index in [2.05, 4.69) is 4.98 Å². The lowest BCUT2D eigenvalue weighted by atomic mass is 10.2. The van der Waals surface area contributed by atoms with Crippen LogP contribution in [0.2, 0.25) is 0 Å². The van der Waals surface area contributed by atoms with Crippen molar-refractivity contribution in [2.75, 3.05) is 0 Å². The van der Waals surface area contributed by atoms with Crippen molar-refractivity contribution in [3.05, 3.63) is 90.7 Å². The number of halogens is 1. The summed E-state index contributed by atoms with van der Waals surface area (Å²) in [5.74, 6) is 0.125. The summed E-state index contributed by atoms with van der Waals surface area (Å²) in [4.78, 5) is 17.4. The first-order valence-electron chi connectivity index (χ1n) is 8.46. The van der Waals surface area contributed by atoms with Crippen molar-refractivity contribution >= 4 is 27.7 Å². The molecular weight excluding hydrogens is 343 g/mol. The molecule has 5 aromatic rings. The third-order valence-electron chi connectivity index (χ3n) is 4.62. The molecule has 27 heavy (non-hydrogen) atoms. The number of para-hydroxylation sites is 1. The minimum absolute atomic E-state index is 0.209. The summed E-state index contributed by atoms with van der Waals surface area (Å²) < 4.78 is 20.5. The molecule has 3 aromatic heterocycles. The lowest BCUT2D eigenvalue weighted by Gasteiger charge is -2.03. The summed E-state index contributed by atoms with van der Waals surface area (Å²) >= 11 is 0. The maximum atomic E-state index is 13.2. The van der Waals surface area contributed by atoms with Crippen molar-refractivity contribution in [3.8, 4) is 11.3 Å². The predicted molar refractivity (Wildman–Crippen MR) is 101 cm³/mol. The second-order valence-corrected chi connectivity index (χ2v) is 6.22. The summed E-state index contributed by atoms with van der Waals surface area (Å²) in [6, 6.07) is 18.9. The van der Waals surface area contributed by atoms with Crippen molar-refractivity contribution in [3.63, 3.8) is 0 Å². The summed E-state index contributed by atoms with van der Waals surface area (Å²) in [7, 11) is 0. The third-order valence-corrected chi connectivity index (χ3v) is 4.62. The van der Waals surface area contributed by atoms with Gasteiger partial charge in [0.25, 0.3) is 5.91 Å². The quantitative estimate of drug-likeness (QED) is 0.432. The number of benzene rings is 2. The topological polar surface area (TPSA) is 48.0 Å². The summed E-state index contributed by atoms with van der Waals surface area (Å²) in [5, 5.41) is 1.94. The van der Waals surface area contributed by atoms with Gasteiger partial charge in [0.15, 0.2) is 5.76 Å². The SMILES string of the molecule is O=C(c1ccc(-c2ccc(F)cc2)o1)n1c2ccccc2c2ccncc21. The van der Waals surface area contributed by atoms with Crippen molar-refractivity contribution in [2.24, 2.45) is 0 Å². The van der Waals surface area contributed by atoms with Crippen LogP contribution in [0, 0.1) is 5.82 Å². The van der Waals surface area contributed by atoms with Crippen molar-refractivity contribution in [1.29, 1.82) is 0 Å². The average molecular weight is 356 g/mol. The van der Waals surface area contributed by atoms with Crippen molar-refractivity contribution in [2.45, 2.75) is 0 Å². The van der Waals surface area contributed by atoms with Gasteiger partial charge < -0.3 is 4.42 Å². The molecule has 0 spiro atoms. The van der Waals surface area contributed by atoms with E-state index >= 15 is 0 Å². The second-order valence-electron chi connectivity index (χ2n) is 6.22. The molecule has 4 nitrogen and oxygen atoms in total. The molecule has 0 bridgehead atoms. The van der Waals surface area contributed by atoms with E-state index in [1.807, 2.05) is 30.3 Å². The first-order valence-corrected chi connectivity index (χ1v) is 8.46. The number of pyridine rings is 1. The number of carbonyl (C=O) groups excluding carboxylic acids is 1. The first-order chi connectivity index (χ1) is 13.2. The Morgan fingerprint density at radius 2 is 1.67 bits per heavy atom. The number of furan rings is 1. The molecule has 0 atom stereocenters. The number of hydrogen-bond acceptors (Lipinski definition) is 3. The summed E-state index contributed by atoms with van der Waals surface area (Å²) in [5.41, 5.74) is 2.23. The smallest absolute Gasteiger partial charge is 0.298 e. The third kappa shape index (κ3) is 2.44. The zero-order valence-electron chi connectivity index (χ0n) is 14.1. The number of hydrogen-bond donors (Lipinski definition) is 0. The van der Waals surface area contributed by atoms with Crippen LogP contribution in [0.25, 0.3) is 33.1 Å². The molecule has 0 saturated carbocycles. The molecule has 0 aliphatic rings. The maximum Gasteiger partial charge on any atom is 0.298 e. The fourth-order valence-corrected chi connectivity index (χ4v) is 3.37. The Balaban J connectivity index is 1.65. The standard InChI is InChI=1S/C22H13FN2O2/c23-15-7-5-14(6-8-15)20-9-10-21(27-20)22(26)25-18-4-2-1-3-16(18)17-11-12-24-13-19(17)25/h1-13H. The van der Waals surface area contributed by atoms with Gasteiger partial charge in [-0.25, -0.2) is 4.39 Å². The maximum absolute atomic E-state index is 13.2. The number of aromatic nitrogens is 2. The Morgan fingerprint density at radius 3 is 2.52 bits per heavy atom. The van der Waals surface area contributed by atoms with Gasteiger partial charge in [0.2, 0.25) is 0 Å². The molecule has 0 unspecified atom stereocenters. The van der Waals surface area contributed by atoms with Gasteiger partial charge in [0.1, 0.15) is 11.6 Å². The normalized spacial score (nSPS) is 11.3. The Hall–Kier alpha value is -3.73. The Kier molecular flexibility index (Phi) is 3.40. The van der Waals surface area contributed by atoms with E-state index in [0.29, 0.717) is 11.3 Å². The highest BCUT2D eigenvalue weighted by atomic mass is 19.1. The van der Waals surface area contributed by atoms with Gasteiger partial charge in [0.05, 0.1) is 17.2 Å². The van der Waals surface area contributed by atoms with Gasteiger partial charge in [-0.15, -0.1) is 0 Å². The fraction of sp³-hybridized carbons (Fsp3) is 0. The van der Waals surface area contributed by atoms with E-state index in [0.717, 1.165) is 21.8 Å². The highest BCUT2D eigenvalue weighted by Gasteiger charge is 2.20. The van der Waals surface area contributed by atoms with Gasteiger partial charge in [-0.05, 0) is 48.5 Å². The zero-order chi connectivity index (χ0) is 18.4. The first kappa shape index (κ1) is 15.5. The molecule has 0 aliphatic carbocycles. The molecule has 3 heterocycles. The number of carbonyl (C=O) groups is 1. The fourth-order valence-electron chi connectivity index (χ4n) is 3.37. The highest BCUT2D eigenvalue weighted by Crippen LogP contribution is 2.30. The Labute approximate surface area is 153 Å². The highest BCUT2D eigenvalue weighted by molar-refractivity contribution is 6.15. The minimum Gasteiger partial charge on any atom is -0.451 e. The molecule has 0 N–H and O–H groups in total. The molecule has 0 fully saturated rings. The van der Waals surface area contributed by atoms with Crippen LogP contribution in [0.5, 0.6) is 0 Å². The Bertz CT molecular complexity index is 1250. The van der Waals surface area contributed by atoms with Gasteiger partial charge in [-0.3, -0.25) is 14.3 Å². The monoisotopic (exact) mass is 356 g/mol. The number of fused-ring (bicyclic) bond motifs is 3. The second kappa shape index (κ2) is 5.92. The molecule has 130 valence electrons. The van der Waals surface area contributed by atoms with E-state index < -0.39 is 0 Å². The molecule has 5 heteroatoms. The van der Waals surface area contributed by atoms with Crippen LogP contribution in [0.1, 0.15) is 10.6 Å². The predicted octanol–water partition coefficient (Wildman–Crippen LogP) is 5.28. The van der Waals surface area contributed by atoms with Crippen LogP contribution in [0.4, 0.5) is 4.39 Å². The summed E-state index contributed by atoms with van der Waals surface area (Å²) in [6.45, 7) is 0.